The lowest BCUT2D eigenvalue weighted by molar-refractivity contribution is -0.148. The number of ketones is 1. The number of carbonyl (C=O) groups excluding carboxylic acids is 1. The molecule has 0 unspecified atom stereocenters. The molecule has 1 atom stereocenters. The number of nitrogens with zero attached hydrogens (tertiary/aromatic N) is 1. The van der Waals surface area contributed by atoms with E-state index in [4.69, 9.17) is 5.73 Å². The van der Waals surface area contributed by atoms with Crippen molar-refractivity contribution in [2.45, 2.75) is 58.0 Å². The smallest absolute Gasteiger partial charge is 0.324 e. The fraction of sp³-hybridized carbons (Fsp3) is 0.367. The minimum atomic E-state index is -1.03. The highest BCUT2D eigenvalue weighted by molar-refractivity contribution is 6.11. The number of carboxylic acids is 1. The van der Waals surface area contributed by atoms with E-state index in [1.54, 1.807) is 24.3 Å². The van der Waals surface area contributed by atoms with Crippen molar-refractivity contribution in [2.24, 2.45) is 11.8 Å². The first-order chi connectivity index (χ1) is 18.5. The fourth-order valence-corrected chi connectivity index (χ4v) is 5.64. The van der Waals surface area contributed by atoms with Gasteiger partial charge in [-0.25, -0.2) is 8.78 Å². The van der Waals surface area contributed by atoms with Gasteiger partial charge in [0.15, 0.2) is 5.78 Å². The van der Waals surface area contributed by atoms with Crippen LogP contribution in [-0.4, -0.2) is 27.0 Å². The lowest BCUT2D eigenvalue weighted by atomic mass is 9.76. The molecule has 0 saturated heterocycles. The van der Waals surface area contributed by atoms with Gasteiger partial charge in [0, 0.05) is 18.7 Å². The third-order valence-corrected chi connectivity index (χ3v) is 7.52. The predicted octanol–water partition coefficient (Wildman–Crippen LogP) is 5.08. The number of carboxylic acid groups (broad SMARTS) is 1. The summed E-state index contributed by atoms with van der Waals surface area (Å²) in [7, 11) is 0. The molecule has 0 aliphatic heterocycles. The highest BCUT2D eigenvalue weighted by Crippen LogP contribution is 2.38. The first kappa shape index (κ1) is 28.2. The Hall–Kier alpha value is -3.85. The molecule has 4 N–H and O–H groups in total. The monoisotopic (exact) mass is 537 g/mol. The van der Waals surface area contributed by atoms with Gasteiger partial charge in [0.2, 0.25) is 0 Å². The average molecular weight is 538 g/mol. The van der Waals surface area contributed by atoms with E-state index in [1.807, 2.05) is 13.8 Å². The van der Waals surface area contributed by atoms with E-state index in [0.717, 1.165) is 54.0 Å². The van der Waals surface area contributed by atoms with Crippen LogP contribution in [0.25, 0.3) is 5.69 Å². The van der Waals surface area contributed by atoms with Crippen LogP contribution in [0, 0.1) is 23.5 Å². The quantitative estimate of drug-likeness (QED) is 0.311. The minimum absolute atomic E-state index is 0.0567. The largest absolute Gasteiger partial charge is 0.480 e. The van der Waals surface area contributed by atoms with Crippen molar-refractivity contribution in [2.75, 3.05) is 5.73 Å². The van der Waals surface area contributed by atoms with Crippen molar-refractivity contribution in [3.63, 3.8) is 0 Å². The summed E-state index contributed by atoms with van der Waals surface area (Å²) >= 11 is 0. The van der Waals surface area contributed by atoms with E-state index >= 15 is 0 Å². The van der Waals surface area contributed by atoms with E-state index in [-0.39, 0.29) is 28.8 Å². The van der Waals surface area contributed by atoms with E-state index in [1.165, 1.54) is 6.07 Å². The van der Waals surface area contributed by atoms with Crippen LogP contribution < -0.4 is 16.6 Å². The van der Waals surface area contributed by atoms with Gasteiger partial charge in [-0.15, -0.1) is 0 Å². The van der Waals surface area contributed by atoms with Crippen LogP contribution in [0.1, 0.15) is 67.4 Å². The number of pyridine rings is 1. The number of hydrogen-bond acceptors (Lipinski definition) is 5. The molecular weight excluding hydrogens is 504 g/mol. The van der Waals surface area contributed by atoms with E-state index < -0.39 is 34.5 Å². The van der Waals surface area contributed by atoms with Gasteiger partial charge in [0.25, 0.3) is 5.56 Å². The number of nitrogen functional groups attached to an aromatic ring is 1. The van der Waals surface area contributed by atoms with Crippen molar-refractivity contribution in [1.29, 1.82) is 0 Å². The van der Waals surface area contributed by atoms with Gasteiger partial charge < -0.3 is 10.8 Å². The molecule has 0 radical (unpaired) electrons. The molecule has 1 saturated carbocycles. The number of halogens is 2. The first-order valence-corrected chi connectivity index (χ1v) is 13.1. The van der Waals surface area contributed by atoms with Crippen molar-refractivity contribution >= 4 is 17.6 Å². The highest BCUT2D eigenvalue weighted by atomic mass is 19.1. The van der Waals surface area contributed by atoms with Crippen LogP contribution in [0.15, 0.2) is 59.4 Å². The summed E-state index contributed by atoms with van der Waals surface area (Å²) in [4.78, 5) is 38.2. The Kier molecular flexibility index (Phi) is 8.30. The molecule has 7 nitrogen and oxygen atoms in total. The van der Waals surface area contributed by atoms with E-state index in [9.17, 15) is 28.3 Å². The number of benzene rings is 2. The van der Waals surface area contributed by atoms with E-state index in [2.05, 4.69) is 5.32 Å². The Morgan fingerprint density at radius 2 is 1.69 bits per heavy atom. The first-order valence-electron chi connectivity index (χ1n) is 13.1. The molecule has 9 heteroatoms. The van der Waals surface area contributed by atoms with Crippen LogP contribution in [0.5, 0.6) is 0 Å². The molecular formula is C30H33F2N3O4. The van der Waals surface area contributed by atoms with Crippen LogP contribution in [0.3, 0.4) is 0 Å². The number of anilines is 1. The van der Waals surface area contributed by atoms with Crippen LogP contribution in [-0.2, 0) is 11.3 Å². The van der Waals surface area contributed by atoms with Gasteiger partial charge in [0.1, 0.15) is 23.0 Å². The second-order valence-corrected chi connectivity index (χ2v) is 10.6. The second kappa shape index (κ2) is 11.5. The Bertz CT molecular complexity index is 1430. The van der Waals surface area contributed by atoms with Gasteiger partial charge in [-0.3, -0.25) is 24.3 Å². The molecule has 1 fully saturated rings. The molecule has 0 bridgehead atoms. The molecule has 1 heterocycles. The zero-order chi connectivity index (χ0) is 28.3. The maximum atomic E-state index is 14.2. The van der Waals surface area contributed by atoms with Crippen LogP contribution >= 0.6 is 0 Å². The van der Waals surface area contributed by atoms with Crippen LogP contribution in [0.4, 0.5) is 14.6 Å². The lowest BCUT2D eigenvalue weighted by Gasteiger charge is -2.38. The summed E-state index contributed by atoms with van der Waals surface area (Å²) in [5.74, 6) is -3.37. The highest BCUT2D eigenvalue weighted by Gasteiger charge is 2.46. The second-order valence-electron chi connectivity index (χ2n) is 10.6. The predicted molar refractivity (Wildman–Crippen MR) is 145 cm³/mol. The van der Waals surface area contributed by atoms with E-state index in [0.29, 0.717) is 24.7 Å². The molecule has 1 aliphatic carbocycles. The summed E-state index contributed by atoms with van der Waals surface area (Å²) in [5, 5.41) is 13.6. The fourth-order valence-electron chi connectivity index (χ4n) is 5.64. The standard InChI is InChI=1S/C30H33F2N3O4/c1-18(2)16-30(29(38)39,20-5-3-4-6-20)34-17-19-7-10-22(11-8-19)35-26(36)14-13-24(28(35)33)27(37)23-12-9-21(31)15-25(23)32/h7-15,18,20,34H,3-6,16-17,33H2,1-2H3,(H,38,39)/t30-/m0/s1. The third kappa shape index (κ3) is 5.78. The zero-order valence-corrected chi connectivity index (χ0v) is 22.0. The number of aromatic nitrogens is 1. The number of carbonyl (C=O) groups is 2. The maximum Gasteiger partial charge on any atom is 0.324 e. The summed E-state index contributed by atoms with van der Waals surface area (Å²) in [6.07, 6.45) is 4.33. The minimum Gasteiger partial charge on any atom is -0.480 e. The van der Waals surface area contributed by atoms with Crippen molar-refractivity contribution in [3.05, 3.63) is 93.3 Å². The molecule has 3 aromatic rings. The van der Waals surface area contributed by atoms with Crippen molar-refractivity contribution in [3.8, 4) is 5.69 Å². The number of rotatable bonds is 10. The summed E-state index contributed by atoms with van der Waals surface area (Å²) in [6.45, 7) is 4.37. The molecule has 2 aromatic carbocycles. The Balaban J connectivity index is 1.60. The molecule has 1 aromatic heterocycles. The van der Waals surface area contributed by atoms with Gasteiger partial charge in [-0.05, 0) is 67.0 Å². The van der Waals surface area contributed by atoms with Gasteiger partial charge in [0.05, 0.1) is 16.8 Å². The van der Waals surface area contributed by atoms with Gasteiger partial charge in [-0.2, -0.15) is 0 Å². The van der Waals surface area contributed by atoms with Gasteiger partial charge >= 0.3 is 5.97 Å². The van der Waals surface area contributed by atoms with Crippen molar-refractivity contribution in [1.82, 2.24) is 9.88 Å². The topological polar surface area (TPSA) is 114 Å². The number of hydrogen-bond donors (Lipinski definition) is 3. The Labute approximate surface area is 225 Å². The Morgan fingerprint density at radius 1 is 1.05 bits per heavy atom. The zero-order valence-electron chi connectivity index (χ0n) is 22.0. The maximum absolute atomic E-state index is 14.2. The van der Waals surface area contributed by atoms with Crippen molar-refractivity contribution < 1.29 is 23.5 Å². The van der Waals surface area contributed by atoms with Crippen LogP contribution in [0.2, 0.25) is 0 Å². The molecule has 206 valence electrons. The number of nitrogens with one attached hydrogen (secondary N) is 1. The molecule has 4 rings (SSSR count). The number of aliphatic carboxylic acids is 1. The average Bonchev–Trinajstić information content (AvgIpc) is 3.42. The summed E-state index contributed by atoms with van der Waals surface area (Å²) in [5.41, 5.74) is 5.45. The number of nitrogens with two attached hydrogens (primary N) is 1. The normalized spacial score (nSPS) is 15.4. The molecule has 1 aliphatic rings. The molecule has 0 spiro atoms. The third-order valence-electron chi connectivity index (χ3n) is 7.52. The molecule has 39 heavy (non-hydrogen) atoms. The van der Waals surface area contributed by atoms with Gasteiger partial charge in [-0.1, -0.05) is 38.8 Å². The molecule has 0 amide bonds. The summed E-state index contributed by atoms with van der Waals surface area (Å²) in [6, 6.07) is 11.8. The lowest BCUT2D eigenvalue weighted by Crippen LogP contribution is -2.57. The SMILES string of the molecule is CC(C)C[C@@](NCc1ccc(-n2c(N)c(C(=O)c3ccc(F)cc3F)ccc2=O)cc1)(C(=O)O)C1CCCC1. The summed E-state index contributed by atoms with van der Waals surface area (Å²) < 4.78 is 28.7. The Morgan fingerprint density at radius 3 is 2.28 bits per heavy atom.